The molecule has 2 amide bonds. The summed E-state index contributed by atoms with van der Waals surface area (Å²) >= 11 is 24.8. The molecule has 2 aromatic rings. The Labute approximate surface area is 238 Å². The van der Waals surface area contributed by atoms with Crippen molar-refractivity contribution in [3.8, 4) is 0 Å². The molecule has 202 valence electrons. The van der Waals surface area contributed by atoms with Crippen molar-refractivity contribution >= 4 is 73.9 Å². The Bertz CT molecular complexity index is 1250. The fourth-order valence-electron chi connectivity index (χ4n) is 4.26. The minimum atomic E-state index is -3.94. The van der Waals surface area contributed by atoms with E-state index in [0.29, 0.717) is 15.6 Å². The van der Waals surface area contributed by atoms with E-state index >= 15 is 0 Å². The topological polar surface area (TPSA) is 86.8 Å². The van der Waals surface area contributed by atoms with Crippen molar-refractivity contribution in [1.29, 1.82) is 0 Å². The molecular formula is C25H29Cl4N3O4S. The van der Waals surface area contributed by atoms with Gasteiger partial charge in [-0.15, -0.1) is 0 Å². The lowest BCUT2D eigenvalue weighted by Gasteiger charge is -2.33. The van der Waals surface area contributed by atoms with Crippen molar-refractivity contribution in [3.63, 3.8) is 0 Å². The molecule has 0 bridgehead atoms. The molecule has 1 fully saturated rings. The Morgan fingerprint density at radius 1 is 1.03 bits per heavy atom. The highest BCUT2D eigenvalue weighted by Gasteiger charge is 2.32. The number of rotatable bonds is 9. The van der Waals surface area contributed by atoms with Crippen molar-refractivity contribution in [2.75, 3.05) is 17.1 Å². The summed E-state index contributed by atoms with van der Waals surface area (Å²) in [5, 5.41) is 3.93. The van der Waals surface area contributed by atoms with Gasteiger partial charge in [0.05, 0.1) is 22.0 Å². The highest BCUT2D eigenvalue weighted by molar-refractivity contribution is 7.92. The highest BCUT2D eigenvalue weighted by atomic mass is 35.5. The first-order valence-electron chi connectivity index (χ1n) is 11.8. The van der Waals surface area contributed by atoms with Crippen LogP contribution >= 0.6 is 46.4 Å². The molecule has 0 heterocycles. The first kappa shape index (κ1) is 29.8. The number of anilines is 1. The van der Waals surface area contributed by atoms with E-state index in [2.05, 4.69) is 5.32 Å². The molecule has 0 aromatic heterocycles. The summed E-state index contributed by atoms with van der Waals surface area (Å²) in [6, 6.07) is 8.49. The molecule has 3 rings (SSSR count). The van der Waals surface area contributed by atoms with Gasteiger partial charge in [0.25, 0.3) is 0 Å². The number of hydrogen-bond acceptors (Lipinski definition) is 4. The fraction of sp³-hybridized carbons (Fsp3) is 0.440. The number of carbonyl (C=O) groups is 2. The van der Waals surface area contributed by atoms with E-state index in [0.717, 1.165) is 42.7 Å². The average Bonchev–Trinajstić information content (AvgIpc) is 2.83. The molecule has 1 aliphatic carbocycles. The summed E-state index contributed by atoms with van der Waals surface area (Å²) in [5.74, 6) is -0.934. The summed E-state index contributed by atoms with van der Waals surface area (Å²) in [7, 11) is -3.94. The summed E-state index contributed by atoms with van der Waals surface area (Å²) in [5.41, 5.74) is 0.622. The largest absolute Gasteiger partial charge is 0.352 e. The van der Waals surface area contributed by atoms with E-state index in [1.54, 1.807) is 25.1 Å². The third-order valence-corrected chi connectivity index (χ3v) is 8.88. The number of benzene rings is 2. The van der Waals surface area contributed by atoms with Crippen LogP contribution in [0.5, 0.6) is 0 Å². The molecule has 12 heteroatoms. The van der Waals surface area contributed by atoms with E-state index in [1.807, 2.05) is 0 Å². The lowest BCUT2D eigenvalue weighted by molar-refractivity contribution is -0.139. The number of amides is 2. The number of hydrogen-bond donors (Lipinski definition) is 1. The zero-order chi connectivity index (χ0) is 27.3. The van der Waals surface area contributed by atoms with E-state index in [-0.39, 0.29) is 34.2 Å². The maximum absolute atomic E-state index is 13.7. The van der Waals surface area contributed by atoms with Crippen LogP contribution in [0.1, 0.15) is 44.6 Å². The third-order valence-electron chi connectivity index (χ3n) is 6.35. The van der Waals surface area contributed by atoms with Gasteiger partial charge in [-0.3, -0.25) is 13.9 Å². The lowest BCUT2D eigenvalue weighted by atomic mass is 9.95. The molecule has 0 saturated heterocycles. The van der Waals surface area contributed by atoms with Crippen LogP contribution < -0.4 is 9.62 Å². The summed E-state index contributed by atoms with van der Waals surface area (Å²) in [4.78, 5) is 28.2. The second-order valence-electron chi connectivity index (χ2n) is 9.12. The quantitative estimate of drug-likeness (QED) is 0.382. The van der Waals surface area contributed by atoms with Gasteiger partial charge in [-0.05, 0) is 49.6 Å². The average molecular weight is 609 g/mol. The van der Waals surface area contributed by atoms with Crippen LogP contribution in [0.3, 0.4) is 0 Å². The Morgan fingerprint density at radius 3 is 2.32 bits per heavy atom. The van der Waals surface area contributed by atoms with E-state index in [1.165, 1.54) is 23.1 Å². The maximum atomic E-state index is 13.7. The van der Waals surface area contributed by atoms with Gasteiger partial charge in [0.2, 0.25) is 21.8 Å². The second kappa shape index (κ2) is 12.9. The molecule has 2 aromatic carbocycles. The first-order chi connectivity index (χ1) is 17.4. The Hall–Kier alpha value is -1.71. The zero-order valence-electron chi connectivity index (χ0n) is 20.5. The molecule has 37 heavy (non-hydrogen) atoms. The molecular weight excluding hydrogens is 580 g/mol. The van der Waals surface area contributed by atoms with Crippen LogP contribution in [0.4, 0.5) is 5.69 Å². The molecule has 0 radical (unpaired) electrons. The van der Waals surface area contributed by atoms with Crippen LogP contribution in [0, 0.1) is 0 Å². The van der Waals surface area contributed by atoms with Gasteiger partial charge < -0.3 is 10.2 Å². The Balaban J connectivity index is 1.93. The lowest BCUT2D eigenvalue weighted by Crippen LogP contribution is -2.53. The van der Waals surface area contributed by atoms with Crippen LogP contribution in [-0.4, -0.2) is 50.0 Å². The van der Waals surface area contributed by atoms with Crippen LogP contribution in [0.2, 0.25) is 20.1 Å². The van der Waals surface area contributed by atoms with Gasteiger partial charge in [0, 0.05) is 22.6 Å². The van der Waals surface area contributed by atoms with E-state index < -0.39 is 28.5 Å². The molecule has 7 nitrogen and oxygen atoms in total. The van der Waals surface area contributed by atoms with Crippen molar-refractivity contribution in [2.45, 2.75) is 57.7 Å². The number of nitrogens with zero attached hydrogens (tertiary/aromatic N) is 2. The number of carbonyl (C=O) groups excluding carboxylic acids is 2. The van der Waals surface area contributed by atoms with Gasteiger partial charge in [-0.1, -0.05) is 77.8 Å². The molecule has 1 atom stereocenters. The Kier molecular flexibility index (Phi) is 10.4. The smallest absolute Gasteiger partial charge is 0.244 e. The van der Waals surface area contributed by atoms with Crippen molar-refractivity contribution in [2.24, 2.45) is 0 Å². The molecule has 1 saturated carbocycles. The summed E-state index contributed by atoms with van der Waals surface area (Å²) in [6.07, 6.45) is 5.93. The molecule has 1 aliphatic rings. The SMILES string of the molecule is C[C@H](C(=O)NC1CCCCC1)N(Cc1ccc(Cl)cc1Cl)C(=O)CN(c1cccc(Cl)c1Cl)S(C)(=O)=O. The second-order valence-corrected chi connectivity index (χ2v) is 12.7. The molecule has 0 unspecified atom stereocenters. The predicted octanol–water partition coefficient (Wildman–Crippen LogP) is 5.93. The van der Waals surface area contributed by atoms with Crippen LogP contribution in [0.25, 0.3) is 0 Å². The van der Waals surface area contributed by atoms with E-state index in [4.69, 9.17) is 46.4 Å². The minimum Gasteiger partial charge on any atom is -0.352 e. The third kappa shape index (κ3) is 7.90. The molecule has 1 N–H and O–H groups in total. The zero-order valence-corrected chi connectivity index (χ0v) is 24.4. The fourth-order valence-corrected chi connectivity index (χ4v) is 6.03. The van der Waals surface area contributed by atoms with Gasteiger partial charge in [0.1, 0.15) is 12.6 Å². The summed E-state index contributed by atoms with van der Waals surface area (Å²) < 4.78 is 26.3. The van der Waals surface area contributed by atoms with Gasteiger partial charge in [0.15, 0.2) is 0 Å². The van der Waals surface area contributed by atoms with Crippen molar-refractivity contribution in [3.05, 3.63) is 62.1 Å². The molecule has 0 aliphatic heterocycles. The highest BCUT2D eigenvalue weighted by Crippen LogP contribution is 2.34. The summed E-state index contributed by atoms with van der Waals surface area (Å²) in [6.45, 7) is 0.983. The van der Waals surface area contributed by atoms with Crippen molar-refractivity contribution in [1.82, 2.24) is 10.2 Å². The molecule has 0 spiro atoms. The van der Waals surface area contributed by atoms with Gasteiger partial charge >= 0.3 is 0 Å². The number of sulfonamides is 1. The number of halogens is 4. The van der Waals surface area contributed by atoms with Crippen molar-refractivity contribution < 1.29 is 18.0 Å². The number of nitrogens with one attached hydrogen (secondary N) is 1. The van der Waals surface area contributed by atoms with Crippen LogP contribution in [-0.2, 0) is 26.2 Å². The maximum Gasteiger partial charge on any atom is 0.244 e. The normalized spacial score (nSPS) is 15.2. The van der Waals surface area contributed by atoms with Gasteiger partial charge in [-0.25, -0.2) is 8.42 Å². The van der Waals surface area contributed by atoms with Crippen LogP contribution in [0.15, 0.2) is 36.4 Å². The Morgan fingerprint density at radius 2 is 1.70 bits per heavy atom. The predicted molar refractivity (Wildman–Crippen MR) is 150 cm³/mol. The minimum absolute atomic E-state index is 0.00206. The van der Waals surface area contributed by atoms with Gasteiger partial charge in [-0.2, -0.15) is 0 Å². The monoisotopic (exact) mass is 607 g/mol. The van der Waals surface area contributed by atoms with E-state index in [9.17, 15) is 18.0 Å². The standard InChI is InChI=1S/C25H29Cl4N3O4S/c1-16(25(34)30-19-7-4-3-5-8-19)31(14-17-11-12-18(26)13-21(17)28)23(33)15-32(37(2,35)36)22-10-6-9-20(27)24(22)29/h6,9-13,16,19H,3-5,7-8,14-15H2,1-2H3,(H,30,34)/t16-/m1/s1. The first-order valence-corrected chi connectivity index (χ1v) is 15.2.